The van der Waals surface area contributed by atoms with Crippen LogP contribution in [-0.4, -0.2) is 35.0 Å². The number of aliphatic hydroxyl groups excluding tert-OH is 2. The lowest BCUT2D eigenvalue weighted by atomic mass is 10.3. The Morgan fingerprint density at radius 3 is 2.50 bits per heavy atom. The quantitative estimate of drug-likeness (QED) is 0.582. The van der Waals surface area contributed by atoms with Crippen LogP contribution in [-0.2, 0) is 9.53 Å². The van der Waals surface area contributed by atoms with Gasteiger partial charge in [0.1, 0.15) is 6.61 Å². The highest BCUT2D eigenvalue weighted by Gasteiger charge is 2.09. The number of hydrogen-bond donors (Lipinski definition) is 2. The first kappa shape index (κ1) is 11.4. The van der Waals surface area contributed by atoms with E-state index in [9.17, 15) is 4.79 Å². The molecule has 0 aliphatic heterocycles. The minimum Gasteiger partial charge on any atom is -0.463 e. The van der Waals surface area contributed by atoms with E-state index in [-0.39, 0.29) is 13.0 Å². The second-order valence-corrected chi connectivity index (χ2v) is 2.80. The smallest absolute Gasteiger partial charge is 0.308 e. The molecule has 0 amide bonds. The van der Waals surface area contributed by atoms with Gasteiger partial charge >= 0.3 is 5.97 Å². The van der Waals surface area contributed by atoms with E-state index < -0.39 is 18.2 Å². The average Bonchev–Trinajstić information content (AvgIpc) is 1.99. The van der Waals surface area contributed by atoms with Crippen LogP contribution in [0, 0.1) is 0 Å². The minimum atomic E-state index is -0.684. The van der Waals surface area contributed by atoms with Crippen LogP contribution < -0.4 is 0 Å². The number of esters is 1. The van der Waals surface area contributed by atoms with Crippen LogP contribution in [0.15, 0.2) is 0 Å². The Labute approximate surface area is 72.2 Å². The zero-order valence-electron chi connectivity index (χ0n) is 7.49. The SMILES string of the molecule is CC[C@@H](O)COC(=O)C[C@@H](C)O. The third-order valence-corrected chi connectivity index (χ3v) is 1.37. The molecule has 0 spiro atoms. The van der Waals surface area contributed by atoms with Crippen molar-refractivity contribution in [1.82, 2.24) is 0 Å². The Morgan fingerprint density at radius 1 is 1.50 bits per heavy atom. The topological polar surface area (TPSA) is 66.8 Å². The highest BCUT2D eigenvalue weighted by molar-refractivity contribution is 5.69. The van der Waals surface area contributed by atoms with Gasteiger partial charge < -0.3 is 14.9 Å². The second kappa shape index (κ2) is 5.97. The summed E-state index contributed by atoms with van der Waals surface area (Å²) in [5, 5.41) is 17.8. The normalized spacial score (nSPS) is 15.3. The van der Waals surface area contributed by atoms with Gasteiger partial charge in [-0.3, -0.25) is 4.79 Å². The summed E-state index contributed by atoms with van der Waals surface area (Å²) in [7, 11) is 0. The van der Waals surface area contributed by atoms with Gasteiger partial charge in [-0.05, 0) is 13.3 Å². The largest absolute Gasteiger partial charge is 0.463 e. The van der Waals surface area contributed by atoms with Gasteiger partial charge in [-0.2, -0.15) is 0 Å². The average molecular weight is 176 g/mol. The van der Waals surface area contributed by atoms with Crippen molar-refractivity contribution in [1.29, 1.82) is 0 Å². The molecule has 0 unspecified atom stereocenters. The molecule has 72 valence electrons. The molecule has 0 fully saturated rings. The van der Waals surface area contributed by atoms with Crippen LogP contribution in [0.4, 0.5) is 0 Å². The third kappa shape index (κ3) is 6.12. The van der Waals surface area contributed by atoms with Crippen molar-refractivity contribution in [3.8, 4) is 0 Å². The first-order valence-corrected chi connectivity index (χ1v) is 4.08. The molecule has 4 nitrogen and oxygen atoms in total. The molecule has 0 aromatic heterocycles. The predicted octanol–water partition coefficient (Wildman–Crippen LogP) is 0.0714. The summed E-state index contributed by atoms with van der Waals surface area (Å²) in [6.45, 7) is 3.33. The molecule has 12 heavy (non-hydrogen) atoms. The molecular weight excluding hydrogens is 160 g/mol. The molecule has 0 aliphatic carbocycles. The molecule has 0 radical (unpaired) electrons. The zero-order chi connectivity index (χ0) is 9.56. The van der Waals surface area contributed by atoms with E-state index in [2.05, 4.69) is 4.74 Å². The molecule has 2 atom stereocenters. The summed E-state index contributed by atoms with van der Waals surface area (Å²) in [5.74, 6) is -0.475. The van der Waals surface area contributed by atoms with Crippen molar-refractivity contribution >= 4 is 5.97 Å². The van der Waals surface area contributed by atoms with Crippen LogP contribution in [0.25, 0.3) is 0 Å². The van der Waals surface area contributed by atoms with Gasteiger partial charge in [0.05, 0.1) is 18.6 Å². The lowest BCUT2D eigenvalue weighted by molar-refractivity contribution is -0.148. The number of rotatable bonds is 5. The monoisotopic (exact) mass is 176 g/mol. The summed E-state index contributed by atoms with van der Waals surface area (Å²) in [6, 6.07) is 0. The minimum absolute atomic E-state index is 0.0159. The molecule has 0 aromatic carbocycles. The summed E-state index contributed by atoms with van der Waals surface area (Å²) < 4.78 is 4.66. The van der Waals surface area contributed by atoms with Crippen molar-refractivity contribution in [3.63, 3.8) is 0 Å². The fourth-order valence-corrected chi connectivity index (χ4v) is 0.607. The van der Waals surface area contributed by atoms with Gasteiger partial charge in [0.15, 0.2) is 0 Å². The van der Waals surface area contributed by atoms with Crippen LogP contribution in [0.3, 0.4) is 0 Å². The van der Waals surface area contributed by atoms with Gasteiger partial charge in [0, 0.05) is 0 Å². The molecule has 0 saturated carbocycles. The number of aliphatic hydroxyl groups is 2. The predicted molar refractivity (Wildman–Crippen MR) is 43.6 cm³/mol. The Balaban J connectivity index is 3.44. The molecule has 0 aromatic rings. The van der Waals surface area contributed by atoms with E-state index in [0.29, 0.717) is 6.42 Å². The van der Waals surface area contributed by atoms with Crippen molar-refractivity contribution in [3.05, 3.63) is 0 Å². The Morgan fingerprint density at radius 2 is 2.08 bits per heavy atom. The molecule has 2 N–H and O–H groups in total. The summed E-state index contributed by atoms with van der Waals surface area (Å²) in [4.78, 5) is 10.8. The van der Waals surface area contributed by atoms with E-state index in [1.807, 2.05) is 0 Å². The van der Waals surface area contributed by atoms with Crippen molar-refractivity contribution < 1.29 is 19.7 Å². The fraction of sp³-hybridized carbons (Fsp3) is 0.875. The number of carbonyl (C=O) groups is 1. The highest BCUT2D eigenvalue weighted by Crippen LogP contribution is 1.96. The second-order valence-electron chi connectivity index (χ2n) is 2.80. The van der Waals surface area contributed by atoms with Crippen molar-refractivity contribution in [2.45, 2.75) is 38.9 Å². The lowest BCUT2D eigenvalue weighted by Gasteiger charge is -2.09. The number of ether oxygens (including phenoxy) is 1. The van der Waals surface area contributed by atoms with E-state index in [4.69, 9.17) is 10.2 Å². The molecule has 0 bridgehead atoms. The molecular formula is C8H16O4. The standard InChI is InChI=1S/C8H16O4/c1-3-7(10)5-12-8(11)4-6(2)9/h6-7,9-10H,3-5H2,1-2H3/t6-,7-/m1/s1. The number of hydrogen-bond acceptors (Lipinski definition) is 4. The third-order valence-electron chi connectivity index (χ3n) is 1.37. The van der Waals surface area contributed by atoms with Gasteiger partial charge in [0.25, 0.3) is 0 Å². The van der Waals surface area contributed by atoms with E-state index in [0.717, 1.165) is 0 Å². The number of carbonyl (C=O) groups excluding carboxylic acids is 1. The Bertz CT molecular complexity index is 133. The summed E-state index contributed by atoms with van der Waals surface area (Å²) >= 11 is 0. The molecule has 0 rings (SSSR count). The van der Waals surface area contributed by atoms with Crippen molar-refractivity contribution in [2.24, 2.45) is 0 Å². The molecule has 0 aliphatic rings. The van der Waals surface area contributed by atoms with Crippen LogP contribution >= 0.6 is 0 Å². The molecule has 0 heterocycles. The first-order valence-electron chi connectivity index (χ1n) is 4.08. The van der Waals surface area contributed by atoms with E-state index in [1.54, 1.807) is 6.92 Å². The maximum absolute atomic E-state index is 10.8. The lowest BCUT2D eigenvalue weighted by Crippen LogP contribution is -2.19. The maximum Gasteiger partial charge on any atom is 0.308 e. The van der Waals surface area contributed by atoms with Gasteiger partial charge in [-0.15, -0.1) is 0 Å². The van der Waals surface area contributed by atoms with Gasteiger partial charge in [0.2, 0.25) is 0 Å². The zero-order valence-corrected chi connectivity index (χ0v) is 7.49. The summed E-state index contributed by atoms with van der Waals surface area (Å²) in [5.41, 5.74) is 0. The molecule has 4 heteroatoms. The Hall–Kier alpha value is -0.610. The van der Waals surface area contributed by atoms with Crippen LogP contribution in [0.1, 0.15) is 26.7 Å². The van der Waals surface area contributed by atoms with Gasteiger partial charge in [-0.25, -0.2) is 0 Å². The van der Waals surface area contributed by atoms with Crippen LogP contribution in [0.2, 0.25) is 0 Å². The summed E-state index contributed by atoms with van der Waals surface area (Å²) in [6.07, 6.45) is -0.738. The van der Waals surface area contributed by atoms with E-state index in [1.165, 1.54) is 6.92 Å². The van der Waals surface area contributed by atoms with Crippen LogP contribution in [0.5, 0.6) is 0 Å². The van der Waals surface area contributed by atoms with Gasteiger partial charge in [-0.1, -0.05) is 6.92 Å². The fourth-order valence-electron chi connectivity index (χ4n) is 0.607. The van der Waals surface area contributed by atoms with Crippen molar-refractivity contribution in [2.75, 3.05) is 6.61 Å². The highest BCUT2D eigenvalue weighted by atomic mass is 16.5. The Kier molecular flexibility index (Phi) is 5.66. The van der Waals surface area contributed by atoms with E-state index >= 15 is 0 Å². The molecule has 0 saturated heterocycles. The maximum atomic E-state index is 10.8. The first-order chi connectivity index (χ1) is 5.56.